The lowest BCUT2D eigenvalue weighted by Crippen LogP contribution is -2.45. The van der Waals surface area contributed by atoms with Crippen LogP contribution >= 0.6 is 12.2 Å². The van der Waals surface area contributed by atoms with Crippen molar-refractivity contribution in [3.05, 3.63) is 35.0 Å². The molecule has 1 heterocycles. The second-order valence-electron chi connectivity index (χ2n) is 4.72. The number of hydrogen-bond donors (Lipinski definition) is 3. The van der Waals surface area contributed by atoms with Crippen LogP contribution in [0.15, 0.2) is 29.5 Å². The number of allylic oxidation sites excluding steroid dienone is 1. The van der Waals surface area contributed by atoms with Crippen LogP contribution in [0.2, 0.25) is 0 Å². The number of aromatic hydroxyl groups is 1. The normalized spacial score (nSPS) is 17.6. The van der Waals surface area contributed by atoms with E-state index in [9.17, 15) is 9.90 Å². The Morgan fingerprint density at radius 3 is 2.82 bits per heavy atom. The molecule has 22 heavy (non-hydrogen) atoms. The van der Waals surface area contributed by atoms with Crippen molar-refractivity contribution in [2.24, 2.45) is 0 Å². The van der Waals surface area contributed by atoms with Crippen molar-refractivity contribution in [1.82, 2.24) is 10.6 Å². The average molecular weight is 322 g/mol. The molecule has 1 aliphatic rings. The van der Waals surface area contributed by atoms with E-state index in [2.05, 4.69) is 10.6 Å². The van der Waals surface area contributed by atoms with Gasteiger partial charge in [-0.25, -0.2) is 4.79 Å². The molecule has 0 radical (unpaired) electrons. The van der Waals surface area contributed by atoms with Gasteiger partial charge < -0.3 is 25.2 Å². The maximum absolute atomic E-state index is 12.1. The molecule has 7 heteroatoms. The van der Waals surface area contributed by atoms with Gasteiger partial charge in [0.1, 0.15) is 0 Å². The molecule has 1 aromatic carbocycles. The van der Waals surface area contributed by atoms with E-state index >= 15 is 0 Å². The Hall–Kier alpha value is -2.28. The van der Waals surface area contributed by atoms with Crippen LogP contribution in [-0.2, 0) is 9.53 Å². The number of esters is 1. The Bertz CT molecular complexity index is 642. The molecule has 3 N–H and O–H groups in total. The molecule has 118 valence electrons. The smallest absolute Gasteiger partial charge is 0.337 e. The standard InChI is InChI=1S/C15H18N2O4S/c1-4-21-11-7-9(5-6-10(11)18)13-12(14(19)20-3)8(2)16-15(22)17-13/h5-7,13,18H,4H2,1-3H3,(H2,16,17,22)/t13-/m0/s1. The van der Waals surface area contributed by atoms with Gasteiger partial charge in [0.05, 0.1) is 25.3 Å². The van der Waals surface area contributed by atoms with Crippen molar-refractivity contribution >= 4 is 23.3 Å². The summed E-state index contributed by atoms with van der Waals surface area (Å²) in [6.45, 7) is 4.01. The Morgan fingerprint density at radius 2 is 2.18 bits per heavy atom. The highest BCUT2D eigenvalue weighted by Gasteiger charge is 2.31. The van der Waals surface area contributed by atoms with Gasteiger partial charge in [0.15, 0.2) is 16.6 Å². The largest absolute Gasteiger partial charge is 0.504 e. The van der Waals surface area contributed by atoms with Gasteiger partial charge in [0.2, 0.25) is 0 Å². The minimum atomic E-state index is -0.471. The molecule has 6 nitrogen and oxygen atoms in total. The highest BCUT2D eigenvalue weighted by atomic mass is 32.1. The molecule has 1 aromatic rings. The predicted octanol–water partition coefficient (Wildman–Crippen LogP) is 1.76. The van der Waals surface area contributed by atoms with Gasteiger partial charge in [-0.3, -0.25) is 0 Å². The molecule has 2 rings (SSSR count). The first kappa shape index (κ1) is 16.1. The first-order valence-corrected chi connectivity index (χ1v) is 7.21. The van der Waals surface area contributed by atoms with Crippen LogP contribution in [0.1, 0.15) is 25.5 Å². The lowest BCUT2D eigenvalue weighted by Gasteiger charge is -2.29. The topological polar surface area (TPSA) is 79.8 Å². The minimum Gasteiger partial charge on any atom is -0.504 e. The molecule has 0 spiro atoms. The third-order valence-electron chi connectivity index (χ3n) is 3.29. The number of benzene rings is 1. The number of hydrogen-bond acceptors (Lipinski definition) is 5. The van der Waals surface area contributed by atoms with Gasteiger partial charge in [-0.15, -0.1) is 0 Å². The summed E-state index contributed by atoms with van der Waals surface area (Å²) in [6.07, 6.45) is 0. The molecular formula is C15H18N2O4S. The van der Waals surface area contributed by atoms with Gasteiger partial charge in [-0.2, -0.15) is 0 Å². The number of phenolic OH excluding ortho intramolecular Hbond substituents is 1. The van der Waals surface area contributed by atoms with Crippen molar-refractivity contribution in [2.75, 3.05) is 13.7 Å². The fraction of sp³-hybridized carbons (Fsp3) is 0.333. The maximum atomic E-state index is 12.1. The van der Waals surface area contributed by atoms with Crippen molar-refractivity contribution in [1.29, 1.82) is 0 Å². The highest BCUT2D eigenvalue weighted by molar-refractivity contribution is 7.80. The second-order valence-corrected chi connectivity index (χ2v) is 5.13. The molecule has 0 fully saturated rings. The molecule has 0 bridgehead atoms. The summed E-state index contributed by atoms with van der Waals surface area (Å²) in [5.41, 5.74) is 1.81. The van der Waals surface area contributed by atoms with Crippen LogP contribution in [0.5, 0.6) is 11.5 Å². The van der Waals surface area contributed by atoms with Crippen molar-refractivity contribution < 1.29 is 19.4 Å². The first-order valence-electron chi connectivity index (χ1n) is 6.80. The summed E-state index contributed by atoms with van der Waals surface area (Å²) >= 11 is 5.16. The number of carbonyl (C=O) groups excluding carboxylic acids is 1. The number of thiocarbonyl (C=S) groups is 1. The van der Waals surface area contributed by atoms with Crippen LogP contribution < -0.4 is 15.4 Å². The zero-order valence-corrected chi connectivity index (χ0v) is 13.4. The molecule has 0 unspecified atom stereocenters. The van der Waals surface area contributed by atoms with Crippen molar-refractivity contribution in [3.63, 3.8) is 0 Å². The Balaban J connectivity index is 2.48. The van der Waals surface area contributed by atoms with E-state index < -0.39 is 12.0 Å². The lowest BCUT2D eigenvalue weighted by atomic mass is 9.95. The number of nitrogens with one attached hydrogen (secondary N) is 2. The quantitative estimate of drug-likeness (QED) is 0.576. The van der Waals surface area contributed by atoms with Gasteiger partial charge in [0.25, 0.3) is 0 Å². The second kappa shape index (κ2) is 6.65. The van der Waals surface area contributed by atoms with E-state index in [0.29, 0.717) is 28.7 Å². The zero-order valence-electron chi connectivity index (χ0n) is 12.6. The van der Waals surface area contributed by atoms with Crippen LogP contribution in [0, 0.1) is 0 Å². The minimum absolute atomic E-state index is 0.0439. The summed E-state index contributed by atoms with van der Waals surface area (Å²) in [7, 11) is 1.33. The van der Waals surface area contributed by atoms with Crippen molar-refractivity contribution in [3.8, 4) is 11.5 Å². The monoisotopic (exact) mass is 322 g/mol. The molecular weight excluding hydrogens is 304 g/mol. The molecule has 1 aliphatic heterocycles. The van der Waals surface area contributed by atoms with Gasteiger partial charge in [-0.05, 0) is 43.8 Å². The molecule has 0 saturated heterocycles. The van der Waals surface area contributed by atoms with E-state index in [0.717, 1.165) is 5.56 Å². The SMILES string of the molecule is CCOc1cc([C@@H]2NC(=S)NC(C)=C2C(=O)OC)ccc1O. The van der Waals surface area contributed by atoms with E-state index in [-0.39, 0.29) is 5.75 Å². The van der Waals surface area contributed by atoms with Crippen molar-refractivity contribution in [2.45, 2.75) is 19.9 Å². The summed E-state index contributed by atoms with van der Waals surface area (Å²) in [5.74, 6) is -0.0495. The van der Waals surface area contributed by atoms with Crippen LogP contribution in [0.25, 0.3) is 0 Å². The fourth-order valence-electron chi connectivity index (χ4n) is 2.31. The number of rotatable bonds is 4. The van der Waals surface area contributed by atoms with Crippen LogP contribution in [0.4, 0.5) is 0 Å². The third-order valence-corrected chi connectivity index (χ3v) is 3.51. The van der Waals surface area contributed by atoms with Gasteiger partial charge in [-0.1, -0.05) is 6.07 Å². The Labute approximate surface area is 134 Å². The summed E-state index contributed by atoms with van der Waals surface area (Å²) in [6, 6.07) is 4.44. The number of methoxy groups -OCH3 is 1. The summed E-state index contributed by atoms with van der Waals surface area (Å²) in [5, 5.41) is 16.2. The summed E-state index contributed by atoms with van der Waals surface area (Å²) < 4.78 is 10.2. The van der Waals surface area contributed by atoms with E-state index in [1.807, 2.05) is 6.92 Å². The number of phenols is 1. The summed E-state index contributed by atoms with van der Waals surface area (Å²) in [4.78, 5) is 12.1. The van der Waals surface area contributed by atoms with Gasteiger partial charge in [0, 0.05) is 5.70 Å². The number of carbonyl (C=O) groups is 1. The molecule has 0 aliphatic carbocycles. The molecule has 0 saturated carbocycles. The van der Waals surface area contributed by atoms with Crippen LogP contribution in [0.3, 0.4) is 0 Å². The van der Waals surface area contributed by atoms with E-state index in [4.69, 9.17) is 21.7 Å². The predicted molar refractivity (Wildman–Crippen MR) is 85.6 cm³/mol. The third kappa shape index (κ3) is 3.14. The highest BCUT2D eigenvalue weighted by Crippen LogP contribution is 2.33. The van der Waals surface area contributed by atoms with E-state index in [1.54, 1.807) is 19.1 Å². The molecule has 0 aromatic heterocycles. The number of ether oxygens (including phenoxy) is 2. The van der Waals surface area contributed by atoms with Crippen LogP contribution in [-0.4, -0.2) is 29.9 Å². The molecule has 1 atom stereocenters. The Morgan fingerprint density at radius 1 is 1.45 bits per heavy atom. The zero-order chi connectivity index (χ0) is 16.3. The first-order chi connectivity index (χ1) is 10.5. The Kier molecular flexibility index (Phi) is 4.87. The van der Waals surface area contributed by atoms with Gasteiger partial charge >= 0.3 is 5.97 Å². The van der Waals surface area contributed by atoms with E-state index in [1.165, 1.54) is 13.2 Å². The molecule has 0 amide bonds. The lowest BCUT2D eigenvalue weighted by molar-refractivity contribution is -0.136. The average Bonchev–Trinajstić information content (AvgIpc) is 2.48. The maximum Gasteiger partial charge on any atom is 0.337 e. The fourth-order valence-corrected chi connectivity index (χ4v) is 2.58.